The van der Waals surface area contributed by atoms with E-state index >= 15 is 0 Å². The molecular weight excluding hydrogens is 417 g/mol. The largest absolute Gasteiger partial charge is 0.444 e. The van der Waals surface area contributed by atoms with Gasteiger partial charge in [-0.2, -0.15) is 4.98 Å². The molecule has 27 heavy (non-hydrogen) atoms. The standard InChI is InChI=1S/C19H11BrFN3O3/c20-16-10-9-15(26-16)18(25)22-14-7-3-11(4-8-14)17-23-19(27-24-17)12-1-5-13(21)6-2-12/h1-10H,(H,22,25). The Labute approximate surface area is 161 Å². The van der Waals surface area contributed by atoms with Gasteiger partial charge in [-0.1, -0.05) is 5.16 Å². The van der Waals surface area contributed by atoms with Crippen LogP contribution in [0.4, 0.5) is 10.1 Å². The molecule has 0 aliphatic carbocycles. The number of amides is 1. The molecule has 0 aliphatic rings. The van der Waals surface area contributed by atoms with Crippen LogP contribution >= 0.6 is 15.9 Å². The molecule has 0 spiro atoms. The Morgan fingerprint density at radius 2 is 1.67 bits per heavy atom. The number of anilines is 1. The third kappa shape index (κ3) is 3.80. The Bertz CT molecular complexity index is 1090. The molecule has 0 unspecified atom stereocenters. The number of aromatic nitrogens is 2. The monoisotopic (exact) mass is 427 g/mol. The Hall–Kier alpha value is -3.26. The summed E-state index contributed by atoms with van der Waals surface area (Å²) < 4.78 is 23.9. The molecule has 134 valence electrons. The van der Waals surface area contributed by atoms with E-state index in [1.807, 2.05) is 0 Å². The SMILES string of the molecule is O=C(Nc1ccc(-c2noc(-c3ccc(F)cc3)n2)cc1)c1ccc(Br)o1. The van der Waals surface area contributed by atoms with Gasteiger partial charge in [-0.3, -0.25) is 4.79 Å². The van der Waals surface area contributed by atoms with Gasteiger partial charge in [0.15, 0.2) is 10.4 Å². The summed E-state index contributed by atoms with van der Waals surface area (Å²) in [6, 6.07) is 16.0. The Morgan fingerprint density at radius 3 is 2.33 bits per heavy atom. The fourth-order valence-electron chi connectivity index (χ4n) is 2.38. The van der Waals surface area contributed by atoms with Gasteiger partial charge in [0.05, 0.1) is 0 Å². The number of halogens is 2. The summed E-state index contributed by atoms with van der Waals surface area (Å²) >= 11 is 3.16. The number of benzene rings is 2. The average molecular weight is 428 g/mol. The second-order valence-corrected chi connectivity index (χ2v) is 6.35. The zero-order valence-electron chi connectivity index (χ0n) is 13.6. The molecule has 0 saturated heterocycles. The van der Waals surface area contributed by atoms with Crippen molar-refractivity contribution in [3.05, 3.63) is 76.9 Å². The van der Waals surface area contributed by atoms with Crippen molar-refractivity contribution in [3.8, 4) is 22.8 Å². The van der Waals surface area contributed by atoms with Crippen LogP contribution in [-0.4, -0.2) is 16.0 Å². The van der Waals surface area contributed by atoms with Crippen molar-refractivity contribution in [1.82, 2.24) is 10.1 Å². The second-order valence-electron chi connectivity index (χ2n) is 5.57. The lowest BCUT2D eigenvalue weighted by Crippen LogP contribution is -2.10. The first kappa shape index (κ1) is 17.2. The second kappa shape index (κ2) is 7.16. The smallest absolute Gasteiger partial charge is 0.291 e. The molecule has 0 saturated carbocycles. The van der Waals surface area contributed by atoms with Crippen molar-refractivity contribution in [3.63, 3.8) is 0 Å². The van der Waals surface area contributed by atoms with Crippen LogP contribution in [0.15, 0.2) is 74.3 Å². The van der Waals surface area contributed by atoms with Crippen molar-refractivity contribution >= 4 is 27.5 Å². The van der Waals surface area contributed by atoms with E-state index in [1.54, 1.807) is 48.5 Å². The third-order valence-corrected chi connectivity index (χ3v) is 4.14. The molecule has 1 amide bonds. The van der Waals surface area contributed by atoms with Crippen LogP contribution < -0.4 is 5.32 Å². The minimum atomic E-state index is -0.355. The van der Waals surface area contributed by atoms with Gasteiger partial charge in [-0.05, 0) is 76.6 Å². The van der Waals surface area contributed by atoms with Crippen molar-refractivity contribution in [2.75, 3.05) is 5.32 Å². The summed E-state index contributed by atoms with van der Waals surface area (Å²) in [6.45, 7) is 0. The molecule has 0 fully saturated rings. The van der Waals surface area contributed by atoms with Crippen molar-refractivity contribution in [2.24, 2.45) is 0 Å². The fourth-order valence-corrected chi connectivity index (χ4v) is 2.69. The highest BCUT2D eigenvalue weighted by Crippen LogP contribution is 2.24. The molecule has 4 aromatic rings. The van der Waals surface area contributed by atoms with Gasteiger partial charge in [0.25, 0.3) is 11.8 Å². The van der Waals surface area contributed by atoms with Crippen LogP contribution in [0.1, 0.15) is 10.6 Å². The number of hydrogen-bond donors (Lipinski definition) is 1. The minimum Gasteiger partial charge on any atom is -0.444 e. The third-order valence-electron chi connectivity index (χ3n) is 3.72. The first-order valence-corrected chi connectivity index (χ1v) is 8.64. The van der Waals surface area contributed by atoms with Gasteiger partial charge in [-0.15, -0.1) is 0 Å². The van der Waals surface area contributed by atoms with Gasteiger partial charge in [0, 0.05) is 16.8 Å². The van der Waals surface area contributed by atoms with Crippen LogP contribution in [0.5, 0.6) is 0 Å². The maximum Gasteiger partial charge on any atom is 0.291 e. The molecule has 2 aromatic carbocycles. The van der Waals surface area contributed by atoms with Crippen molar-refractivity contribution < 1.29 is 18.1 Å². The van der Waals surface area contributed by atoms with Crippen LogP contribution in [-0.2, 0) is 0 Å². The maximum absolute atomic E-state index is 13.0. The first-order valence-electron chi connectivity index (χ1n) is 7.85. The molecule has 8 heteroatoms. The molecule has 2 heterocycles. The molecule has 0 bridgehead atoms. The molecule has 4 rings (SSSR count). The molecule has 0 atom stereocenters. The quantitative estimate of drug-likeness (QED) is 0.486. The predicted octanol–water partition coefficient (Wildman–Crippen LogP) is 5.15. The summed E-state index contributed by atoms with van der Waals surface area (Å²) in [5, 5.41) is 6.67. The Kier molecular flexibility index (Phi) is 4.55. The van der Waals surface area contributed by atoms with Gasteiger partial charge in [0.1, 0.15) is 5.82 Å². The average Bonchev–Trinajstić information content (AvgIpc) is 3.32. The van der Waals surface area contributed by atoms with Crippen molar-refractivity contribution in [2.45, 2.75) is 0 Å². The van der Waals surface area contributed by atoms with Crippen molar-refractivity contribution in [1.29, 1.82) is 0 Å². The number of nitrogens with zero attached hydrogens (tertiary/aromatic N) is 2. The normalized spacial score (nSPS) is 10.7. The number of carbonyl (C=O) groups is 1. The summed E-state index contributed by atoms with van der Waals surface area (Å²) in [5.74, 6) is 0.200. The molecule has 6 nitrogen and oxygen atoms in total. The highest BCUT2D eigenvalue weighted by Gasteiger charge is 2.13. The van der Waals surface area contributed by atoms with E-state index < -0.39 is 0 Å². The lowest BCUT2D eigenvalue weighted by atomic mass is 10.2. The lowest BCUT2D eigenvalue weighted by Gasteiger charge is -2.03. The summed E-state index contributed by atoms with van der Waals surface area (Å²) in [4.78, 5) is 16.4. The summed E-state index contributed by atoms with van der Waals surface area (Å²) in [7, 11) is 0. The number of hydrogen-bond acceptors (Lipinski definition) is 5. The zero-order valence-corrected chi connectivity index (χ0v) is 15.2. The molecule has 0 aliphatic heterocycles. The van der Waals surface area contributed by atoms with E-state index in [2.05, 4.69) is 31.4 Å². The van der Waals surface area contributed by atoms with Crippen LogP contribution in [0.25, 0.3) is 22.8 Å². The van der Waals surface area contributed by atoms with Crippen LogP contribution in [0.2, 0.25) is 0 Å². The molecule has 2 aromatic heterocycles. The topological polar surface area (TPSA) is 81.2 Å². The Morgan fingerprint density at radius 1 is 0.963 bits per heavy atom. The van der Waals surface area contributed by atoms with Gasteiger partial charge in [-0.25, -0.2) is 4.39 Å². The van der Waals surface area contributed by atoms with E-state index in [0.29, 0.717) is 33.2 Å². The molecule has 1 N–H and O–H groups in total. The molecular formula is C19H11BrFN3O3. The summed E-state index contributed by atoms with van der Waals surface area (Å²) in [6.07, 6.45) is 0. The van der Waals surface area contributed by atoms with Crippen LogP contribution in [0.3, 0.4) is 0 Å². The highest BCUT2D eigenvalue weighted by molar-refractivity contribution is 9.10. The number of carbonyl (C=O) groups excluding carboxylic acids is 1. The zero-order chi connectivity index (χ0) is 18.8. The number of furan rings is 1. The van der Waals surface area contributed by atoms with Crippen LogP contribution in [0, 0.1) is 5.82 Å². The van der Waals surface area contributed by atoms with Gasteiger partial charge >= 0.3 is 0 Å². The number of nitrogens with one attached hydrogen (secondary N) is 1. The predicted molar refractivity (Wildman–Crippen MR) is 99.5 cm³/mol. The van der Waals surface area contributed by atoms with Gasteiger partial charge < -0.3 is 14.3 Å². The van der Waals surface area contributed by atoms with E-state index in [0.717, 1.165) is 0 Å². The highest BCUT2D eigenvalue weighted by atomic mass is 79.9. The lowest BCUT2D eigenvalue weighted by molar-refractivity contribution is 0.0995. The first-order chi connectivity index (χ1) is 13.1. The number of rotatable bonds is 4. The Balaban J connectivity index is 1.49. The van der Waals surface area contributed by atoms with E-state index in [4.69, 9.17) is 8.94 Å². The minimum absolute atomic E-state index is 0.202. The molecule has 0 radical (unpaired) electrons. The van der Waals surface area contributed by atoms with E-state index in [9.17, 15) is 9.18 Å². The maximum atomic E-state index is 13.0. The fraction of sp³-hybridized carbons (Fsp3) is 0. The van der Waals surface area contributed by atoms with E-state index in [-0.39, 0.29) is 17.5 Å². The van der Waals surface area contributed by atoms with E-state index in [1.165, 1.54) is 12.1 Å². The van der Waals surface area contributed by atoms with Gasteiger partial charge in [0.2, 0.25) is 5.82 Å². The summed E-state index contributed by atoms with van der Waals surface area (Å²) in [5.41, 5.74) is 1.94.